The summed E-state index contributed by atoms with van der Waals surface area (Å²) in [4.78, 5) is 9.45. The zero-order valence-corrected chi connectivity index (χ0v) is 19.1. The quantitative estimate of drug-likeness (QED) is 0.301. The second kappa shape index (κ2) is 23.1. The summed E-state index contributed by atoms with van der Waals surface area (Å²) in [5, 5.41) is 15.8. The van der Waals surface area contributed by atoms with Crippen LogP contribution < -0.4 is 0 Å². The van der Waals surface area contributed by atoms with Crippen LogP contribution in [0.25, 0.3) is 0 Å². The first kappa shape index (κ1) is 26.3. The van der Waals surface area contributed by atoms with Crippen molar-refractivity contribution in [2.45, 2.75) is 110 Å². The van der Waals surface area contributed by atoms with Crippen molar-refractivity contribution in [2.24, 2.45) is 0 Å². The average Bonchev–Trinajstić information content (AvgIpc) is 2.52. The van der Waals surface area contributed by atoms with Crippen LogP contribution in [0, 0.1) is 0 Å². The zero-order valence-electron chi connectivity index (χ0n) is 16.0. The minimum absolute atomic E-state index is 1.10. The van der Waals surface area contributed by atoms with Gasteiger partial charge < -0.3 is 10.2 Å². The maximum absolute atomic E-state index is 9.45. The Morgan fingerprint density at radius 3 is 1.26 bits per heavy atom. The van der Waals surface area contributed by atoms with Crippen LogP contribution in [-0.4, -0.2) is 71.2 Å². The van der Waals surface area contributed by atoms with Crippen molar-refractivity contribution in [1.29, 1.82) is 0 Å². The van der Waals surface area contributed by atoms with Gasteiger partial charge in [-0.15, -0.1) is 0 Å². The molecule has 0 saturated heterocycles. The SMILES string of the molecule is CC(O)C(=O)O.CCCCCCCCCCCCCCC[CH2][K]. The van der Waals surface area contributed by atoms with Crippen LogP contribution in [0.1, 0.15) is 104 Å². The Morgan fingerprint density at radius 2 is 1.04 bits per heavy atom. The van der Waals surface area contributed by atoms with E-state index in [9.17, 15) is 4.79 Å². The van der Waals surface area contributed by atoms with Crippen molar-refractivity contribution in [3.63, 3.8) is 0 Å². The normalized spacial score (nSPS) is 11.7. The molecule has 134 valence electrons. The van der Waals surface area contributed by atoms with Gasteiger partial charge >= 0.3 is 126 Å². The molecule has 0 aliphatic heterocycles. The molecule has 0 fully saturated rings. The first-order chi connectivity index (χ1) is 11.1. The van der Waals surface area contributed by atoms with E-state index in [4.69, 9.17) is 10.2 Å². The molecule has 23 heavy (non-hydrogen) atoms. The molecule has 0 aliphatic carbocycles. The number of carboxylic acid groups (broad SMARTS) is 1. The number of aliphatic hydroxyl groups is 1. The van der Waals surface area contributed by atoms with Crippen LogP contribution in [0.3, 0.4) is 0 Å². The molecule has 0 heterocycles. The van der Waals surface area contributed by atoms with Gasteiger partial charge in [-0.3, -0.25) is 0 Å². The van der Waals surface area contributed by atoms with Crippen molar-refractivity contribution in [2.75, 3.05) is 0 Å². The van der Waals surface area contributed by atoms with Gasteiger partial charge in [-0.05, 0) is 6.92 Å². The van der Waals surface area contributed by atoms with Crippen LogP contribution in [0.15, 0.2) is 0 Å². The van der Waals surface area contributed by atoms with E-state index in [0.717, 1.165) is 49.0 Å². The molecular weight excluding hydrogens is 315 g/mol. The predicted molar refractivity (Wildman–Crippen MR) is 100 cm³/mol. The van der Waals surface area contributed by atoms with Crippen molar-refractivity contribution < 1.29 is 15.0 Å². The molecule has 0 bridgehead atoms. The minimum atomic E-state index is -1.23. The molecule has 0 amide bonds. The standard InChI is InChI=1S/C16H33.C3H6O3.K/c1-3-5-7-9-11-13-15-16-14-12-10-8-6-4-2;1-2(4)3(5)6;/h1,3-16H2,2H3;2,4H,1H3,(H,5,6);. The monoisotopic (exact) mass is 354 g/mol. The third-order valence-electron chi connectivity index (χ3n) is 4.06. The molecule has 0 aromatic heterocycles. The summed E-state index contributed by atoms with van der Waals surface area (Å²) in [5.74, 6) is -1.19. The van der Waals surface area contributed by atoms with Crippen molar-refractivity contribution >= 4 is 54.9 Å². The van der Waals surface area contributed by atoms with Crippen LogP contribution >= 0.6 is 0 Å². The van der Waals surface area contributed by atoms with E-state index in [2.05, 4.69) is 6.92 Å². The number of aliphatic hydroxyl groups excluding tert-OH is 1. The molecule has 3 nitrogen and oxygen atoms in total. The second-order valence-electron chi connectivity index (χ2n) is 6.61. The molecule has 0 rings (SSSR count). The molecule has 0 saturated carbocycles. The Bertz CT molecular complexity index is 219. The summed E-state index contributed by atoms with van der Waals surface area (Å²) in [6.45, 7) is 3.49. The average molecular weight is 355 g/mol. The van der Waals surface area contributed by atoms with Gasteiger partial charge in [0.25, 0.3) is 0 Å². The van der Waals surface area contributed by atoms with Gasteiger partial charge in [0.05, 0.1) is 0 Å². The van der Waals surface area contributed by atoms with Crippen molar-refractivity contribution in [3.05, 3.63) is 0 Å². The maximum atomic E-state index is 9.45. The Labute approximate surface area is 178 Å². The molecule has 0 aliphatic rings. The predicted octanol–water partition coefficient (Wildman–Crippen LogP) is 5.51. The van der Waals surface area contributed by atoms with Gasteiger partial charge in [-0.25, -0.2) is 4.79 Å². The Morgan fingerprint density at radius 1 is 0.783 bits per heavy atom. The van der Waals surface area contributed by atoms with Crippen LogP contribution in [0.5, 0.6) is 0 Å². The van der Waals surface area contributed by atoms with Crippen molar-refractivity contribution in [1.82, 2.24) is 0 Å². The second-order valence-corrected chi connectivity index (χ2v) is 8.17. The van der Waals surface area contributed by atoms with Crippen LogP contribution in [0.4, 0.5) is 0 Å². The molecule has 2 N–H and O–H groups in total. The Kier molecular flexibility index (Phi) is 26.4. The number of hydrogen-bond donors (Lipinski definition) is 2. The number of rotatable bonds is 15. The molecule has 0 aromatic rings. The molecule has 4 heteroatoms. The molecule has 1 atom stereocenters. The summed E-state index contributed by atoms with van der Waals surface area (Å²) in [6.07, 6.45) is 19.6. The van der Waals surface area contributed by atoms with Gasteiger partial charge in [-0.1, -0.05) is 26.2 Å². The van der Waals surface area contributed by atoms with Gasteiger partial charge in [0.15, 0.2) is 0 Å². The van der Waals surface area contributed by atoms with Crippen molar-refractivity contribution in [3.8, 4) is 0 Å². The van der Waals surface area contributed by atoms with E-state index >= 15 is 0 Å². The van der Waals surface area contributed by atoms with Gasteiger partial charge in [0.1, 0.15) is 6.10 Å². The fourth-order valence-corrected chi connectivity index (χ4v) is 3.23. The van der Waals surface area contributed by atoms with Crippen LogP contribution in [0.2, 0.25) is 0.515 Å². The fraction of sp³-hybridized carbons (Fsp3) is 0.947. The van der Waals surface area contributed by atoms with E-state index < -0.39 is 12.1 Å². The number of carbonyl (C=O) groups is 1. The Hall–Kier alpha value is 1.07. The summed E-state index contributed by atoms with van der Waals surface area (Å²) in [6, 6.07) is 0. The van der Waals surface area contributed by atoms with E-state index in [1.807, 2.05) is 0 Å². The third-order valence-corrected chi connectivity index (χ3v) is 5.17. The summed E-state index contributed by atoms with van der Waals surface area (Å²) in [7, 11) is 0. The zero-order chi connectivity index (χ0) is 17.8. The van der Waals surface area contributed by atoms with Gasteiger partial charge in [-0.2, -0.15) is 0 Å². The number of aliphatic carboxylic acids is 1. The molecule has 0 radical (unpaired) electrons. The molecular formula is C19H39KO3. The first-order valence-corrected chi connectivity index (χ1v) is 12.2. The number of hydrogen-bond acceptors (Lipinski definition) is 2. The van der Waals surface area contributed by atoms with E-state index in [-0.39, 0.29) is 0 Å². The number of unbranched alkanes of at least 4 members (excludes halogenated alkanes) is 13. The Balaban J connectivity index is 0. The topological polar surface area (TPSA) is 57.5 Å². The summed E-state index contributed by atoms with van der Waals surface area (Å²) in [5.41, 5.74) is 0. The molecule has 1 unspecified atom stereocenters. The van der Waals surface area contributed by atoms with Gasteiger partial charge in [0.2, 0.25) is 0 Å². The summed E-state index contributed by atoms with van der Waals surface area (Å²) >= 11 is 1.10. The van der Waals surface area contributed by atoms with E-state index in [0.29, 0.717) is 0 Å². The fourth-order valence-electron chi connectivity index (χ4n) is 2.44. The van der Waals surface area contributed by atoms with E-state index in [1.165, 1.54) is 96.8 Å². The molecule has 0 aromatic carbocycles. The third kappa shape index (κ3) is 28.2. The van der Waals surface area contributed by atoms with E-state index in [1.54, 1.807) is 0.515 Å². The molecule has 0 spiro atoms. The van der Waals surface area contributed by atoms with Gasteiger partial charge in [0, 0.05) is 0 Å². The summed E-state index contributed by atoms with van der Waals surface area (Å²) < 4.78 is 1.56. The number of carboxylic acids is 1. The first-order valence-electron chi connectivity index (χ1n) is 9.97. The van der Waals surface area contributed by atoms with Crippen LogP contribution in [-0.2, 0) is 4.79 Å².